The lowest BCUT2D eigenvalue weighted by Gasteiger charge is -2.30. The Morgan fingerprint density at radius 3 is 2.48 bits per heavy atom. The molecular formula is C28H18BrF3N4O4S2. The molecule has 1 fully saturated rings. The Bertz CT molecular complexity index is 1780. The van der Waals surface area contributed by atoms with Gasteiger partial charge in [0.25, 0.3) is 0 Å². The monoisotopic (exact) mass is 674 g/mol. The van der Waals surface area contributed by atoms with Crippen LogP contribution in [0.1, 0.15) is 21.9 Å². The maximum atomic E-state index is 13.8. The second-order valence-corrected chi connectivity index (χ2v) is 12.6. The smallest absolute Gasteiger partial charge is 0.325 e. The lowest BCUT2D eigenvalue weighted by atomic mass is 9.84. The number of carbonyl (C=O) groups is 3. The van der Waals surface area contributed by atoms with Crippen LogP contribution in [0.3, 0.4) is 0 Å². The predicted octanol–water partition coefficient (Wildman–Crippen LogP) is 5.52. The first kappa shape index (κ1) is 28.4. The van der Waals surface area contributed by atoms with Gasteiger partial charge in [-0.3, -0.25) is 28.7 Å². The van der Waals surface area contributed by atoms with Crippen molar-refractivity contribution in [1.82, 2.24) is 9.55 Å². The number of carbonyl (C=O) groups excluding carboxylic acids is 3. The van der Waals surface area contributed by atoms with Crippen LogP contribution in [0.2, 0.25) is 0 Å². The molecule has 42 heavy (non-hydrogen) atoms. The Kier molecular flexibility index (Phi) is 7.31. The number of nitrogens with one attached hydrogen (secondary N) is 1. The second-order valence-electron chi connectivity index (χ2n) is 9.57. The molecule has 1 N–H and O–H groups in total. The zero-order valence-corrected chi connectivity index (χ0v) is 24.4. The number of alkyl halides is 3. The Hall–Kier alpha value is -3.75. The minimum atomic E-state index is -4.59. The molecule has 0 bridgehead atoms. The van der Waals surface area contributed by atoms with Crippen LogP contribution >= 0.6 is 39.0 Å². The highest BCUT2D eigenvalue weighted by molar-refractivity contribution is 9.10. The topological polar surface area (TPSA) is 101 Å². The lowest BCUT2D eigenvalue weighted by molar-refractivity contribution is -0.137. The van der Waals surface area contributed by atoms with Gasteiger partial charge in [-0.2, -0.15) is 13.2 Å². The maximum Gasteiger partial charge on any atom is 0.416 e. The predicted molar refractivity (Wildman–Crippen MR) is 155 cm³/mol. The van der Waals surface area contributed by atoms with Crippen molar-refractivity contribution in [3.63, 3.8) is 0 Å². The molecular weight excluding hydrogens is 657 g/mol. The summed E-state index contributed by atoms with van der Waals surface area (Å²) in [5, 5.41) is 1.89. The molecule has 214 valence electrons. The van der Waals surface area contributed by atoms with E-state index < -0.39 is 58.0 Å². The number of benzene rings is 2. The summed E-state index contributed by atoms with van der Waals surface area (Å²) in [6, 6.07) is 14.4. The zero-order chi connectivity index (χ0) is 29.8. The summed E-state index contributed by atoms with van der Waals surface area (Å²) in [6.45, 7) is -0.496. The summed E-state index contributed by atoms with van der Waals surface area (Å²) in [5.74, 6) is -3.08. The average molecular weight is 676 g/mol. The molecule has 0 saturated carbocycles. The van der Waals surface area contributed by atoms with E-state index in [0.29, 0.717) is 21.2 Å². The van der Waals surface area contributed by atoms with Crippen LogP contribution in [0, 0.1) is 5.92 Å². The van der Waals surface area contributed by atoms with Gasteiger partial charge in [0.2, 0.25) is 17.7 Å². The normalized spacial score (nSPS) is 19.9. The molecule has 0 aliphatic carbocycles. The first-order valence-corrected chi connectivity index (χ1v) is 14.9. The van der Waals surface area contributed by atoms with Gasteiger partial charge in [-0.15, -0.1) is 0 Å². The van der Waals surface area contributed by atoms with E-state index in [1.54, 1.807) is 48.8 Å². The van der Waals surface area contributed by atoms with Crippen molar-refractivity contribution >= 4 is 68.1 Å². The van der Waals surface area contributed by atoms with Gasteiger partial charge in [-0.05, 0) is 54.1 Å². The molecule has 2 aliphatic heterocycles. The van der Waals surface area contributed by atoms with Crippen molar-refractivity contribution in [3.05, 3.63) is 103 Å². The molecule has 2 aliphatic rings. The third kappa shape index (κ3) is 5.07. The van der Waals surface area contributed by atoms with E-state index in [1.807, 2.05) is 0 Å². The number of hydrogen-bond donors (Lipinski definition) is 1. The third-order valence-corrected chi connectivity index (χ3v) is 10.1. The van der Waals surface area contributed by atoms with Crippen LogP contribution < -0.4 is 15.1 Å². The van der Waals surface area contributed by atoms with Gasteiger partial charge in [0.05, 0.1) is 22.2 Å². The number of anilines is 2. The second kappa shape index (κ2) is 10.8. The number of aromatic nitrogens is 2. The Morgan fingerprint density at radius 2 is 1.79 bits per heavy atom. The fourth-order valence-electron chi connectivity index (χ4n) is 5.14. The van der Waals surface area contributed by atoms with Gasteiger partial charge in [0.1, 0.15) is 11.8 Å². The lowest BCUT2D eigenvalue weighted by Crippen LogP contribution is -2.33. The first-order valence-electron chi connectivity index (χ1n) is 12.4. The van der Waals surface area contributed by atoms with E-state index in [4.69, 9.17) is 0 Å². The van der Waals surface area contributed by atoms with Gasteiger partial charge in [0.15, 0.2) is 0 Å². The molecule has 6 rings (SSSR count). The Labute approximate surface area is 252 Å². The van der Waals surface area contributed by atoms with Crippen LogP contribution in [0.4, 0.5) is 24.5 Å². The summed E-state index contributed by atoms with van der Waals surface area (Å²) in [5.41, 5.74) is 0.0460. The molecule has 2 aromatic carbocycles. The minimum Gasteiger partial charge on any atom is -0.325 e. The Balaban J connectivity index is 1.36. The van der Waals surface area contributed by atoms with Crippen LogP contribution in [0.5, 0.6) is 0 Å². The van der Waals surface area contributed by atoms with E-state index in [9.17, 15) is 32.3 Å². The number of fused-ring (bicyclic) bond motifs is 2. The summed E-state index contributed by atoms with van der Waals surface area (Å²) >= 11 is 5.26. The summed E-state index contributed by atoms with van der Waals surface area (Å²) in [7, 11) is 0. The number of thiazole rings is 1. The van der Waals surface area contributed by atoms with Crippen LogP contribution in [0.25, 0.3) is 0 Å². The van der Waals surface area contributed by atoms with Gasteiger partial charge in [-0.25, -0.2) is 4.90 Å². The third-order valence-electron chi connectivity index (χ3n) is 6.95. The number of pyridine rings is 1. The molecule has 0 unspecified atom stereocenters. The highest BCUT2D eigenvalue weighted by atomic mass is 79.9. The number of imide groups is 1. The van der Waals surface area contributed by atoms with E-state index in [-0.39, 0.29) is 5.69 Å². The van der Waals surface area contributed by atoms with Gasteiger partial charge in [-0.1, -0.05) is 51.2 Å². The molecule has 4 aromatic rings. The molecule has 14 heteroatoms. The van der Waals surface area contributed by atoms with Gasteiger partial charge < -0.3 is 5.32 Å². The number of thioether (sulfide) groups is 1. The summed E-state index contributed by atoms with van der Waals surface area (Å²) in [4.78, 5) is 59.0. The Morgan fingerprint density at radius 1 is 1.02 bits per heavy atom. The molecule has 0 radical (unpaired) electrons. The van der Waals surface area contributed by atoms with Crippen molar-refractivity contribution in [2.45, 2.75) is 28.9 Å². The van der Waals surface area contributed by atoms with Gasteiger partial charge >= 0.3 is 11.0 Å². The molecule has 8 nitrogen and oxygen atoms in total. The van der Waals surface area contributed by atoms with Crippen molar-refractivity contribution in [3.8, 4) is 0 Å². The average Bonchev–Trinajstić information content (AvgIpc) is 3.40. The molecule has 3 amide bonds. The number of amides is 3. The van der Waals surface area contributed by atoms with Crippen molar-refractivity contribution < 1.29 is 27.6 Å². The first-order chi connectivity index (χ1) is 20.0. The molecule has 3 atom stereocenters. The largest absolute Gasteiger partial charge is 0.416 e. The van der Waals surface area contributed by atoms with E-state index >= 15 is 0 Å². The standard InChI is InChI=1S/C28H18BrF3N4O4S2/c29-16-6-8-18(9-7-16)36-24(38)21-20(14-3-2-10-33-12-14)23-26(41-22(21)25(36)39)35(27(40)42-23)13-19(37)34-17-5-1-4-15(11-17)28(30,31)32/h1-12,20-22H,13H2,(H,34,37)/t20-,21-,22+/m0/s1. The molecule has 2 aromatic heterocycles. The van der Waals surface area contributed by atoms with Crippen LogP contribution in [0.15, 0.2) is 87.4 Å². The zero-order valence-electron chi connectivity index (χ0n) is 21.2. The SMILES string of the molecule is O=C(Cn1c2c(sc1=O)[C@@H](c1cccnc1)[C@@H]1C(=O)N(c3ccc(Br)cc3)C(=O)[C@@H]1S2)Nc1cccc(C(F)(F)F)c1. The number of nitrogens with zero attached hydrogens (tertiary/aromatic N) is 3. The molecule has 0 spiro atoms. The van der Waals surface area contributed by atoms with E-state index in [0.717, 1.165) is 44.6 Å². The summed E-state index contributed by atoms with van der Waals surface area (Å²) in [6.07, 6.45) is -1.44. The maximum absolute atomic E-state index is 13.8. The van der Waals surface area contributed by atoms with E-state index in [2.05, 4.69) is 26.2 Å². The fraction of sp³-hybridized carbons (Fsp3) is 0.179. The van der Waals surface area contributed by atoms with Crippen molar-refractivity contribution in [1.29, 1.82) is 0 Å². The number of halogens is 4. The van der Waals surface area contributed by atoms with Crippen LogP contribution in [-0.2, 0) is 27.1 Å². The quantitative estimate of drug-likeness (QED) is 0.280. The number of rotatable bonds is 5. The van der Waals surface area contributed by atoms with Crippen molar-refractivity contribution in [2.75, 3.05) is 10.2 Å². The van der Waals surface area contributed by atoms with Gasteiger partial charge in [0, 0.05) is 33.3 Å². The molecule has 1 saturated heterocycles. The highest BCUT2D eigenvalue weighted by Gasteiger charge is 2.56. The minimum absolute atomic E-state index is 0.0744. The molecule has 4 heterocycles. The number of hydrogen-bond acceptors (Lipinski definition) is 7. The van der Waals surface area contributed by atoms with Crippen molar-refractivity contribution in [2.24, 2.45) is 5.92 Å². The fourth-order valence-corrected chi connectivity index (χ4v) is 8.17. The van der Waals surface area contributed by atoms with E-state index in [1.165, 1.54) is 16.7 Å². The van der Waals surface area contributed by atoms with Crippen LogP contribution in [-0.4, -0.2) is 32.5 Å². The highest BCUT2D eigenvalue weighted by Crippen LogP contribution is 2.53. The summed E-state index contributed by atoms with van der Waals surface area (Å²) < 4.78 is 41.4.